The van der Waals surface area contributed by atoms with E-state index in [1.165, 1.54) is 141 Å². The van der Waals surface area contributed by atoms with Crippen LogP contribution in [0.25, 0.3) is 0 Å². The molecule has 0 aliphatic heterocycles. The summed E-state index contributed by atoms with van der Waals surface area (Å²) in [6.07, 6.45) is 33.5. The Morgan fingerprint density at radius 3 is 1.14 bits per heavy atom. The Balaban J connectivity index is 3.23. The van der Waals surface area contributed by atoms with Gasteiger partial charge >= 0.3 is 0 Å². The summed E-state index contributed by atoms with van der Waals surface area (Å²) in [5.74, 6) is -0.118. The largest absolute Gasteiger partial charge is 0.394 e. The van der Waals surface area contributed by atoms with Crippen LogP contribution in [0.4, 0.5) is 0 Å². The highest BCUT2D eigenvalue weighted by molar-refractivity contribution is 5.75. The number of hydrogen-bond donors (Lipinski definition) is 3. The third-order valence-corrected chi connectivity index (χ3v) is 7.68. The van der Waals surface area contributed by atoms with Crippen LogP contribution in [0.5, 0.6) is 0 Å². The summed E-state index contributed by atoms with van der Waals surface area (Å²) < 4.78 is 0. The Kier molecular flexibility index (Phi) is 28.5. The first-order valence-corrected chi connectivity index (χ1v) is 16.2. The summed E-state index contributed by atoms with van der Waals surface area (Å²) in [6, 6.07) is -0.526. The molecular formula is C32H65NO3. The van der Waals surface area contributed by atoms with Crippen molar-refractivity contribution in [1.29, 1.82) is 0 Å². The third kappa shape index (κ3) is 25.1. The first kappa shape index (κ1) is 35.4. The van der Waals surface area contributed by atoms with E-state index in [9.17, 15) is 15.0 Å². The molecule has 216 valence electrons. The van der Waals surface area contributed by atoms with Gasteiger partial charge in [-0.05, 0) is 6.42 Å². The number of rotatable bonds is 29. The van der Waals surface area contributed by atoms with E-state index >= 15 is 0 Å². The molecule has 4 nitrogen and oxygen atoms in total. The molecule has 0 saturated heterocycles. The summed E-state index contributed by atoms with van der Waals surface area (Å²) >= 11 is 0. The standard InChI is InChI=1S/C32H65NO3/c1-3-5-6-7-8-9-10-11-12-13-14-15-16-17-18-19-20-21-22-23-24-25-26-27-28-31(35)30(29-34)33-32(36)4-2/h30-31,34-35H,3-29H2,1-2H3,(H,33,36). The van der Waals surface area contributed by atoms with E-state index in [1.807, 2.05) is 0 Å². The lowest BCUT2D eigenvalue weighted by Gasteiger charge is -2.22. The van der Waals surface area contributed by atoms with Gasteiger partial charge in [0.25, 0.3) is 0 Å². The molecule has 0 spiro atoms. The highest BCUT2D eigenvalue weighted by atomic mass is 16.3. The lowest BCUT2D eigenvalue weighted by molar-refractivity contribution is -0.122. The molecule has 0 heterocycles. The van der Waals surface area contributed by atoms with Gasteiger partial charge < -0.3 is 15.5 Å². The summed E-state index contributed by atoms with van der Waals surface area (Å²) in [7, 11) is 0. The van der Waals surface area contributed by atoms with Gasteiger partial charge in [-0.1, -0.05) is 168 Å². The van der Waals surface area contributed by atoms with Gasteiger partial charge in [-0.3, -0.25) is 4.79 Å². The average Bonchev–Trinajstić information content (AvgIpc) is 2.89. The molecular weight excluding hydrogens is 446 g/mol. The van der Waals surface area contributed by atoms with Crippen LogP contribution in [0.3, 0.4) is 0 Å². The number of carbonyl (C=O) groups is 1. The lowest BCUT2D eigenvalue weighted by Crippen LogP contribution is -2.45. The first-order chi connectivity index (χ1) is 17.7. The van der Waals surface area contributed by atoms with Crippen LogP contribution in [0, 0.1) is 0 Å². The number of aliphatic hydroxyl groups is 2. The van der Waals surface area contributed by atoms with E-state index in [2.05, 4.69) is 12.2 Å². The van der Waals surface area contributed by atoms with E-state index in [1.54, 1.807) is 6.92 Å². The van der Waals surface area contributed by atoms with Crippen LogP contribution in [0.15, 0.2) is 0 Å². The molecule has 2 unspecified atom stereocenters. The van der Waals surface area contributed by atoms with Crippen LogP contribution < -0.4 is 5.32 Å². The third-order valence-electron chi connectivity index (χ3n) is 7.68. The molecule has 0 aromatic rings. The molecule has 0 saturated carbocycles. The zero-order valence-electron chi connectivity index (χ0n) is 24.5. The normalized spacial score (nSPS) is 13.1. The van der Waals surface area contributed by atoms with E-state index in [4.69, 9.17) is 0 Å². The van der Waals surface area contributed by atoms with Gasteiger partial charge in [0.05, 0.1) is 18.8 Å². The van der Waals surface area contributed by atoms with Crippen molar-refractivity contribution < 1.29 is 15.0 Å². The van der Waals surface area contributed by atoms with E-state index in [-0.39, 0.29) is 12.5 Å². The van der Waals surface area contributed by atoms with Crippen molar-refractivity contribution in [3.63, 3.8) is 0 Å². The maximum atomic E-state index is 11.4. The number of unbranched alkanes of at least 4 members (excludes halogenated alkanes) is 23. The van der Waals surface area contributed by atoms with Crippen molar-refractivity contribution in [2.45, 2.75) is 193 Å². The van der Waals surface area contributed by atoms with Crippen LogP contribution in [0.1, 0.15) is 181 Å². The smallest absolute Gasteiger partial charge is 0.220 e. The first-order valence-electron chi connectivity index (χ1n) is 16.2. The number of hydrogen-bond acceptors (Lipinski definition) is 3. The topological polar surface area (TPSA) is 69.6 Å². The highest BCUT2D eigenvalue weighted by Gasteiger charge is 2.19. The number of aliphatic hydroxyl groups excluding tert-OH is 2. The van der Waals surface area contributed by atoms with Gasteiger partial charge in [0.2, 0.25) is 5.91 Å². The van der Waals surface area contributed by atoms with Gasteiger partial charge in [-0.2, -0.15) is 0 Å². The fraction of sp³-hybridized carbons (Fsp3) is 0.969. The minimum Gasteiger partial charge on any atom is -0.394 e. The van der Waals surface area contributed by atoms with Gasteiger partial charge in [-0.25, -0.2) is 0 Å². The lowest BCUT2D eigenvalue weighted by atomic mass is 10.0. The second-order valence-corrected chi connectivity index (χ2v) is 11.2. The fourth-order valence-electron chi connectivity index (χ4n) is 5.09. The Bertz CT molecular complexity index is 443. The quantitative estimate of drug-likeness (QED) is 0.0877. The molecule has 3 N–H and O–H groups in total. The summed E-state index contributed by atoms with van der Waals surface area (Å²) in [4.78, 5) is 11.4. The zero-order valence-corrected chi connectivity index (χ0v) is 24.5. The van der Waals surface area contributed by atoms with Crippen molar-refractivity contribution in [1.82, 2.24) is 5.32 Å². The predicted molar refractivity (Wildman–Crippen MR) is 156 cm³/mol. The second kappa shape index (κ2) is 29.0. The SMILES string of the molecule is CCCCCCCCCCCCCCCCCCCCCCCCCCC(O)C(CO)NC(=O)CC. The van der Waals surface area contributed by atoms with Crippen LogP contribution in [0.2, 0.25) is 0 Å². The van der Waals surface area contributed by atoms with Gasteiger partial charge in [0.1, 0.15) is 0 Å². The summed E-state index contributed by atoms with van der Waals surface area (Å²) in [5.41, 5.74) is 0. The minimum atomic E-state index is -0.648. The van der Waals surface area contributed by atoms with Crippen molar-refractivity contribution in [3.8, 4) is 0 Å². The van der Waals surface area contributed by atoms with Gasteiger partial charge in [0, 0.05) is 6.42 Å². The van der Waals surface area contributed by atoms with Crippen LogP contribution >= 0.6 is 0 Å². The molecule has 0 bridgehead atoms. The monoisotopic (exact) mass is 511 g/mol. The Morgan fingerprint density at radius 1 is 0.556 bits per heavy atom. The maximum Gasteiger partial charge on any atom is 0.220 e. The molecule has 0 aromatic heterocycles. The number of amides is 1. The molecule has 0 aliphatic rings. The molecule has 0 rings (SSSR count). The van der Waals surface area contributed by atoms with Crippen LogP contribution in [-0.2, 0) is 4.79 Å². The van der Waals surface area contributed by atoms with E-state index < -0.39 is 12.1 Å². The van der Waals surface area contributed by atoms with E-state index in [0.717, 1.165) is 12.8 Å². The highest BCUT2D eigenvalue weighted by Crippen LogP contribution is 2.16. The van der Waals surface area contributed by atoms with Gasteiger partial charge in [-0.15, -0.1) is 0 Å². The Morgan fingerprint density at radius 2 is 0.861 bits per heavy atom. The number of nitrogens with one attached hydrogen (secondary N) is 1. The molecule has 0 aliphatic carbocycles. The number of carbonyl (C=O) groups excluding carboxylic acids is 1. The molecule has 0 radical (unpaired) electrons. The van der Waals surface area contributed by atoms with Crippen molar-refractivity contribution >= 4 is 5.91 Å². The average molecular weight is 512 g/mol. The van der Waals surface area contributed by atoms with Gasteiger partial charge in [0.15, 0.2) is 0 Å². The summed E-state index contributed by atoms with van der Waals surface area (Å²) in [5, 5.41) is 22.2. The Labute approximate surface area is 225 Å². The molecule has 4 heteroatoms. The molecule has 1 amide bonds. The molecule has 36 heavy (non-hydrogen) atoms. The second-order valence-electron chi connectivity index (χ2n) is 11.2. The Hall–Kier alpha value is -0.610. The molecule has 0 aromatic carbocycles. The van der Waals surface area contributed by atoms with Crippen LogP contribution in [-0.4, -0.2) is 34.9 Å². The fourth-order valence-corrected chi connectivity index (χ4v) is 5.09. The molecule has 2 atom stereocenters. The van der Waals surface area contributed by atoms with E-state index in [0.29, 0.717) is 12.8 Å². The zero-order chi connectivity index (χ0) is 26.5. The predicted octanol–water partition coefficient (Wildman–Crippen LogP) is 9.01. The minimum absolute atomic E-state index is 0.118. The molecule has 0 fully saturated rings. The summed E-state index contributed by atoms with van der Waals surface area (Å²) in [6.45, 7) is 3.86. The van der Waals surface area contributed by atoms with Crippen molar-refractivity contribution in [2.24, 2.45) is 0 Å². The van der Waals surface area contributed by atoms with Crippen molar-refractivity contribution in [3.05, 3.63) is 0 Å². The van der Waals surface area contributed by atoms with Crippen molar-refractivity contribution in [2.75, 3.05) is 6.61 Å². The maximum absolute atomic E-state index is 11.4.